The average molecular weight is 1430 g/mol. The highest BCUT2D eigenvalue weighted by Gasteiger charge is 2.27. The number of hydrogen-bond donors (Lipinski definition) is 10. The molecule has 7 rings (SSSR count). The zero-order valence-corrected chi connectivity index (χ0v) is 56.6. The minimum absolute atomic E-state index is 0.00861. The molecule has 13 N–H and O–H groups in total. The number of imide groups is 1. The lowest BCUT2D eigenvalue weighted by atomic mass is 10.0. The number of carbonyl (C=O) groups is 8. The molecule has 2 aromatic carbocycles. The number of hydroxylamine groups is 2. The highest BCUT2D eigenvalue weighted by Crippen LogP contribution is 2.21. The van der Waals surface area contributed by atoms with Crippen LogP contribution in [0.2, 0.25) is 0 Å². The van der Waals surface area contributed by atoms with Gasteiger partial charge in [0.1, 0.15) is 35.8 Å². The van der Waals surface area contributed by atoms with E-state index >= 15 is 0 Å². The van der Waals surface area contributed by atoms with E-state index in [2.05, 4.69) is 35.2 Å². The minimum Gasteiger partial charge on any atom is -0.481 e. The number of methoxy groups -OCH3 is 2. The van der Waals surface area contributed by atoms with E-state index in [-0.39, 0.29) is 155 Å². The monoisotopic (exact) mass is 1430 g/mol. The van der Waals surface area contributed by atoms with Crippen molar-refractivity contribution in [2.45, 2.75) is 90.1 Å². The molecule has 4 aromatic heterocycles. The SMILES string of the molecule is COCCOc1nc(N)c2[nH]c(=O)n(Cc3ccc(CCC(=O)CCC(=O)NCCOCCOCCOCCC(=O)O)cc3)c2n1.COCCOc1nc(N)c2[nH]c(=O)n(Cc3ccc(CCC(=O)CCC(=O)O)cc3)c2n1.NCCOCCOCCOCCC(=O)O.O=C1CCC(=O)N1O. The number of hydrogen-bond acceptors (Lipinski definition) is 28. The molecular weight excluding hydrogens is 1330 g/mol. The van der Waals surface area contributed by atoms with Crippen LogP contribution in [-0.2, 0) is 102 Å². The number of nitrogens with zero attached hydrogens (tertiary/aromatic N) is 7. The topological polar surface area (TPSA) is 530 Å². The number of anilines is 2. The molecule has 1 aliphatic heterocycles. The predicted molar refractivity (Wildman–Crippen MR) is 358 cm³/mol. The average Bonchev–Trinajstić information content (AvgIpc) is 1.65. The number of carboxylic acid groups (broad SMARTS) is 3. The van der Waals surface area contributed by atoms with Crippen LogP contribution in [0.5, 0.6) is 12.0 Å². The number of aromatic amines is 2. The summed E-state index contributed by atoms with van der Waals surface area (Å²) in [6, 6.07) is 15.2. The van der Waals surface area contributed by atoms with E-state index < -0.39 is 29.7 Å². The molecule has 556 valence electrons. The summed E-state index contributed by atoms with van der Waals surface area (Å²) in [6.45, 7) is 6.99. The first-order valence-corrected chi connectivity index (χ1v) is 32.2. The van der Waals surface area contributed by atoms with Crippen LogP contribution in [-0.4, -0.2) is 245 Å². The standard InChI is InChI=1S/C30H42N6O10.C21H25N5O6.C9H19NO5.C4H5NO3/c1-42-14-19-46-29-34-27(31)26-28(35-29)36(30(41)33-26)20-22-4-2-21(3-5-22)6-7-23(37)8-9-24(38)32-11-13-44-16-18-45-17-15-43-12-10-25(39)40;1-31-10-11-32-20-24-18(22)17-19(25-20)26(21(30)23-17)12-14-4-2-13(3-5-14)6-7-15(27)8-9-16(28)29;10-2-4-14-6-8-15-7-5-13-3-1-9(11)12;6-3-1-2-4(7)5(3)8/h2-5H,6-20H2,1H3,(H,32,38)(H,33,41)(H,39,40)(H2,31,34,35);2-5H,6-12H2,1H3,(H,23,30)(H,28,29)(H2,22,24,25);1-8,10H2,(H,11,12);8H,1-2H2. The summed E-state index contributed by atoms with van der Waals surface area (Å²) in [6.07, 6.45) is 2.09. The fraction of sp³-hybridized carbons (Fsp3) is 0.531. The Hall–Kier alpha value is -9.70. The van der Waals surface area contributed by atoms with Crippen LogP contribution >= 0.6 is 0 Å². The Kier molecular flexibility index (Phi) is 39.9. The molecule has 0 radical (unpaired) electrons. The second kappa shape index (κ2) is 48.1. The van der Waals surface area contributed by atoms with Gasteiger partial charge in [-0.05, 0) is 35.1 Å². The number of ketones is 2. The lowest BCUT2D eigenvalue weighted by molar-refractivity contribution is -0.171. The molecule has 5 heterocycles. The molecule has 1 fully saturated rings. The number of fused-ring (bicyclic) bond motifs is 2. The van der Waals surface area contributed by atoms with Crippen LogP contribution in [0.25, 0.3) is 22.3 Å². The van der Waals surface area contributed by atoms with Gasteiger partial charge in [-0.15, -0.1) is 0 Å². The lowest BCUT2D eigenvalue weighted by Crippen LogP contribution is -2.28. The molecule has 0 saturated carbocycles. The van der Waals surface area contributed by atoms with Crippen molar-refractivity contribution >= 4 is 81.2 Å². The predicted octanol–water partition coefficient (Wildman–Crippen LogP) is 0.834. The first-order valence-electron chi connectivity index (χ1n) is 32.2. The third kappa shape index (κ3) is 33.8. The number of rotatable bonds is 47. The number of H-pyrrole nitrogens is 2. The van der Waals surface area contributed by atoms with Crippen molar-refractivity contribution in [3.8, 4) is 12.0 Å². The molecular formula is C64H91N13O24. The molecule has 1 saturated heterocycles. The number of nitrogens with one attached hydrogen (secondary N) is 3. The van der Waals surface area contributed by atoms with Crippen LogP contribution in [0.4, 0.5) is 11.6 Å². The van der Waals surface area contributed by atoms with E-state index in [1.165, 1.54) is 9.13 Å². The number of carbonyl (C=O) groups excluding carboxylic acids is 5. The first kappa shape index (κ1) is 83.7. The van der Waals surface area contributed by atoms with Gasteiger partial charge in [0.2, 0.25) is 5.91 Å². The number of aryl methyl sites for hydroxylation is 2. The van der Waals surface area contributed by atoms with Crippen LogP contribution < -0.4 is 43.4 Å². The van der Waals surface area contributed by atoms with Crippen LogP contribution in [0.3, 0.4) is 0 Å². The van der Waals surface area contributed by atoms with E-state index in [1.807, 2.05) is 48.5 Å². The van der Waals surface area contributed by atoms with Gasteiger partial charge in [-0.2, -0.15) is 25.0 Å². The van der Waals surface area contributed by atoms with E-state index in [0.717, 1.165) is 22.3 Å². The third-order valence-corrected chi connectivity index (χ3v) is 13.9. The van der Waals surface area contributed by atoms with E-state index in [0.29, 0.717) is 134 Å². The van der Waals surface area contributed by atoms with Crippen molar-refractivity contribution in [3.05, 3.63) is 91.8 Å². The zero-order valence-electron chi connectivity index (χ0n) is 56.6. The van der Waals surface area contributed by atoms with Crippen molar-refractivity contribution in [1.82, 2.24) is 49.4 Å². The normalized spacial score (nSPS) is 11.7. The van der Waals surface area contributed by atoms with Crippen LogP contribution in [0, 0.1) is 0 Å². The molecule has 101 heavy (non-hydrogen) atoms. The van der Waals surface area contributed by atoms with Crippen molar-refractivity contribution in [2.75, 3.05) is 144 Å². The smallest absolute Gasteiger partial charge is 0.328 e. The number of Topliss-reactive ketones (excluding diaryl/α,β-unsaturated/α-hetero) is 2. The number of ether oxygens (including phenoxy) is 10. The maximum atomic E-state index is 12.6. The van der Waals surface area contributed by atoms with Crippen molar-refractivity contribution in [2.24, 2.45) is 5.73 Å². The molecule has 0 unspecified atom stereocenters. The molecule has 6 aromatic rings. The highest BCUT2D eigenvalue weighted by atomic mass is 16.6. The number of imidazole rings is 2. The van der Waals surface area contributed by atoms with Crippen LogP contribution in [0.1, 0.15) is 86.5 Å². The number of carboxylic acids is 3. The van der Waals surface area contributed by atoms with E-state index in [4.69, 9.17) is 85.1 Å². The second-order valence-electron chi connectivity index (χ2n) is 21.7. The summed E-state index contributed by atoms with van der Waals surface area (Å²) in [5.41, 5.74) is 21.4. The highest BCUT2D eigenvalue weighted by molar-refractivity contribution is 6.00. The first-order chi connectivity index (χ1) is 48.6. The van der Waals surface area contributed by atoms with Gasteiger partial charge in [-0.1, -0.05) is 48.5 Å². The maximum Gasteiger partial charge on any atom is 0.328 e. The summed E-state index contributed by atoms with van der Waals surface area (Å²) in [7, 11) is 3.10. The number of aliphatic carboxylic acids is 3. The second-order valence-corrected chi connectivity index (χ2v) is 21.7. The van der Waals surface area contributed by atoms with Gasteiger partial charge < -0.3 is 95.2 Å². The lowest BCUT2D eigenvalue weighted by Gasteiger charge is -2.08. The van der Waals surface area contributed by atoms with E-state index in [1.54, 1.807) is 14.2 Å². The number of nitrogens with two attached hydrogens (primary N) is 3. The van der Waals surface area contributed by atoms with Crippen LogP contribution in [0.15, 0.2) is 58.1 Å². The van der Waals surface area contributed by atoms with E-state index in [9.17, 15) is 47.9 Å². The number of nitrogen functional groups attached to an aromatic ring is 2. The molecule has 37 heteroatoms. The van der Waals surface area contributed by atoms with Gasteiger partial charge >= 0.3 is 41.3 Å². The number of amides is 3. The molecule has 0 aliphatic carbocycles. The summed E-state index contributed by atoms with van der Waals surface area (Å²) < 4.78 is 54.7. The van der Waals surface area contributed by atoms with Crippen molar-refractivity contribution in [3.63, 3.8) is 0 Å². The molecule has 37 nitrogen and oxygen atoms in total. The van der Waals surface area contributed by atoms with Gasteiger partial charge in [-0.25, -0.2) is 9.59 Å². The Balaban J connectivity index is 0.000000336. The summed E-state index contributed by atoms with van der Waals surface area (Å²) >= 11 is 0. The molecule has 3 amide bonds. The molecule has 0 bridgehead atoms. The number of aromatic nitrogens is 8. The molecule has 0 spiro atoms. The van der Waals surface area contributed by atoms with Gasteiger partial charge in [0.25, 0.3) is 11.8 Å². The Morgan fingerprint density at radius 2 is 0.832 bits per heavy atom. The minimum atomic E-state index is -0.976. The quantitative estimate of drug-likeness (QED) is 0.0144. The Morgan fingerprint density at radius 3 is 1.20 bits per heavy atom. The van der Waals surface area contributed by atoms with Crippen molar-refractivity contribution in [1.29, 1.82) is 0 Å². The maximum absolute atomic E-state index is 12.6. The van der Waals surface area contributed by atoms with Crippen molar-refractivity contribution < 1.29 is 106 Å². The Labute approximate surface area is 579 Å². The summed E-state index contributed by atoms with van der Waals surface area (Å²) in [5, 5.41) is 36.7. The third-order valence-electron chi connectivity index (χ3n) is 13.9. The van der Waals surface area contributed by atoms with Gasteiger partial charge in [0.05, 0.1) is 125 Å². The Bertz CT molecular complexity index is 3640. The molecule has 0 atom stereocenters. The number of benzene rings is 2. The van der Waals surface area contributed by atoms with Gasteiger partial charge in [0, 0.05) is 72.3 Å². The van der Waals surface area contributed by atoms with Gasteiger partial charge in [0.15, 0.2) is 22.9 Å². The fourth-order valence-electron chi connectivity index (χ4n) is 8.62. The summed E-state index contributed by atoms with van der Waals surface area (Å²) in [5.74, 6) is -3.84. The fourth-order valence-corrected chi connectivity index (χ4v) is 8.62. The zero-order chi connectivity index (χ0) is 73.7. The molecule has 1 aliphatic rings. The van der Waals surface area contributed by atoms with Gasteiger partial charge in [-0.3, -0.25) is 52.7 Å². The largest absolute Gasteiger partial charge is 0.481 e. The summed E-state index contributed by atoms with van der Waals surface area (Å²) in [4.78, 5) is 135. The Morgan fingerprint density at radius 1 is 0.465 bits per heavy atom.